The summed E-state index contributed by atoms with van der Waals surface area (Å²) >= 11 is 0. The summed E-state index contributed by atoms with van der Waals surface area (Å²) in [6.07, 6.45) is 0.266. The Bertz CT molecular complexity index is 741. The Morgan fingerprint density at radius 1 is 1.15 bits per heavy atom. The van der Waals surface area contributed by atoms with Crippen molar-refractivity contribution in [2.45, 2.75) is 6.42 Å². The zero-order valence-corrected chi connectivity index (χ0v) is 10.4. The molecule has 3 rings (SSSR count). The number of fused-ring (bicyclic) bond motifs is 1. The molecule has 0 fully saturated rings. The van der Waals surface area contributed by atoms with E-state index >= 15 is 0 Å². The van der Waals surface area contributed by atoms with E-state index in [1.54, 1.807) is 18.2 Å². The van der Waals surface area contributed by atoms with Crippen LogP contribution in [-0.2, 0) is 11.2 Å². The van der Waals surface area contributed by atoms with Crippen molar-refractivity contribution in [3.63, 3.8) is 0 Å². The molecule has 0 aliphatic carbocycles. The number of carbonyl (C=O) groups is 2. The number of anilines is 2. The lowest BCUT2D eigenvalue weighted by Gasteiger charge is -2.05. The Morgan fingerprint density at radius 3 is 2.60 bits per heavy atom. The molecule has 0 saturated heterocycles. The molecule has 1 amide bonds. The molecule has 2 aromatic carbocycles. The SMILES string of the molecule is Nc1cc(C(=O)c2ccc3c(c2)CC(=O)N3)ccc1F. The molecule has 0 bridgehead atoms. The number of amides is 1. The van der Waals surface area contributed by atoms with Crippen LogP contribution in [0.4, 0.5) is 15.8 Å². The van der Waals surface area contributed by atoms with Crippen LogP contribution in [0.25, 0.3) is 0 Å². The third-order valence-corrected chi connectivity index (χ3v) is 3.25. The minimum absolute atomic E-state index is 0.0612. The fourth-order valence-electron chi connectivity index (χ4n) is 2.22. The van der Waals surface area contributed by atoms with E-state index in [0.717, 1.165) is 11.3 Å². The van der Waals surface area contributed by atoms with Crippen LogP contribution < -0.4 is 11.1 Å². The third kappa shape index (κ3) is 2.03. The van der Waals surface area contributed by atoms with Gasteiger partial charge in [0.2, 0.25) is 5.91 Å². The van der Waals surface area contributed by atoms with Gasteiger partial charge in [0.1, 0.15) is 5.82 Å². The van der Waals surface area contributed by atoms with Gasteiger partial charge in [-0.15, -0.1) is 0 Å². The maximum absolute atomic E-state index is 13.1. The number of carbonyl (C=O) groups excluding carboxylic acids is 2. The lowest BCUT2D eigenvalue weighted by molar-refractivity contribution is -0.115. The van der Waals surface area contributed by atoms with Crippen LogP contribution in [0.15, 0.2) is 36.4 Å². The average Bonchev–Trinajstić information content (AvgIpc) is 2.80. The van der Waals surface area contributed by atoms with Gasteiger partial charge < -0.3 is 11.1 Å². The number of hydrogen-bond acceptors (Lipinski definition) is 3. The number of benzene rings is 2. The van der Waals surface area contributed by atoms with Gasteiger partial charge in [-0.05, 0) is 42.0 Å². The van der Waals surface area contributed by atoms with Crippen LogP contribution in [0, 0.1) is 5.82 Å². The van der Waals surface area contributed by atoms with E-state index in [-0.39, 0.29) is 23.8 Å². The van der Waals surface area contributed by atoms with Crippen molar-refractivity contribution < 1.29 is 14.0 Å². The van der Waals surface area contributed by atoms with E-state index < -0.39 is 5.82 Å². The number of ketones is 1. The molecule has 5 heteroatoms. The second-order valence-corrected chi connectivity index (χ2v) is 4.66. The van der Waals surface area contributed by atoms with E-state index in [1.165, 1.54) is 18.2 Å². The number of nitrogens with two attached hydrogens (primary N) is 1. The van der Waals surface area contributed by atoms with Gasteiger partial charge in [-0.25, -0.2) is 4.39 Å². The predicted molar refractivity (Wildman–Crippen MR) is 73.0 cm³/mol. The molecular weight excluding hydrogens is 259 g/mol. The number of nitrogens with one attached hydrogen (secondary N) is 1. The second-order valence-electron chi connectivity index (χ2n) is 4.66. The largest absolute Gasteiger partial charge is 0.396 e. The normalized spacial score (nSPS) is 12.9. The van der Waals surface area contributed by atoms with Crippen molar-refractivity contribution in [3.05, 3.63) is 58.9 Å². The van der Waals surface area contributed by atoms with Crippen molar-refractivity contribution in [1.29, 1.82) is 0 Å². The Kier molecular flexibility index (Phi) is 2.75. The molecule has 2 aromatic rings. The quantitative estimate of drug-likeness (QED) is 0.648. The molecule has 1 aliphatic rings. The number of halogens is 1. The van der Waals surface area contributed by atoms with Gasteiger partial charge in [-0.2, -0.15) is 0 Å². The monoisotopic (exact) mass is 270 g/mol. The molecule has 0 radical (unpaired) electrons. The molecule has 0 unspecified atom stereocenters. The number of nitrogen functional groups attached to an aromatic ring is 1. The highest BCUT2D eigenvalue weighted by molar-refractivity contribution is 6.10. The number of rotatable bonds is 2. The van der Waals surface area contributed by atoms with Crippen LogP contribution in [0.5, 0.6) is 0 Å². The van der Waals surface area contributed by atoms with E-state index in [4.69, 9.17) is 5.73 Å². The smallest absolute Gasteiger partial charge is 0.228 e. The van der Waals surface area contributed by atoms with E-state index in [2.05, 4.69) is 5.32 Å². The summed E-state index contributed by atoms with van der Waals surface area (Å²) in [4.78, 5) is 23.6. The minimum Gasteiger partial charge on any atom is -0.396 e. The van der Waals surface area contributed by atoms with E-state index in [9.17, 15) is 14.0 Å². The molecule has 0 saturated carbocycles. The Balaban J connectivity index is 1.97. The molecule has 3 N–H and O–H groups in total. The molecule has 4 nitrogen and oxygen atoms in total. The molecular formula is C15H11FN2O2. The zero-order chi connectivity index (χ0) is 14.3. The van der Waals surface area contributed by atoms with Gasteiger partial charge in [0.15, 0.2) is 5.78 Å². The molecule has 100 valence electrons. The van der Waals surface area contributed by atoms with Crippen LogP contribution >= 0.6 is 0 Å². The minimum atomic E-state index is -0.551. The number of hydrogen-bond donors (Lipinski definition) is 2. The fourth-order valence-corrected chi connectivity index (χ4v) is 2.22. The third-order valence-electron chi connectivity index (χ3n) is 3.25. The molecule has 0 atom stereocenters. The van der Waals surface area contributed by atoms with Crippen molar-refractivity contribution in [2.24, 2.45) is 0 Å². The molecule has 1 heterocycles. The summed E-state index contributed by atoms with van der Waals surface area (Å²) in [7, 11) is 0. The van der Waals surface area contributed by atoms with Gasteiger partial charge in [-0.1, -0.05) is 0 Å². The van der Waals surface area contributed by atoms with E-state index in [1.807, 2.05) is 0 Å². The Morgan fingerprint density at radius 2 is 1.85 bits per heavy atom. The van der Waals surface area contributed by atoms with Crippen LogP contribution in [0.3, 0.4) is 0 Å². The standard InChI is InChI=1S/C15H11FN2O2/c16-11-3-1-9(6-12(11)17)15(20)8-2-4-13-10(5-8)7-14(19)18-13/h1-6H,7,17H2,(H,18,19). The first kappa shape index (κ1) is 12.3. The molecule has 20 heavy (non-hydrogen) atoms. The van der Waals surface area contributed by atoms with E-state index in [0.29, 0.717) is 11.1 Å². The first-order valence-electron chi connectivity index (χ1n) is 6.07. The first-order valence-corrected chi connectivity index (χ1v) is 6.07. The summed E-state index contributed by atoms with van der Waals surface area (Å²) in [5, 5.41) is 2.70. The van der Waals surface area contributed by atoms with Gasteiger partial charge in [-0.3, -0.25) is 9.59 Å². The van der Waals surface area contributed by atoms with Crippen LogP contribution in [-0.4, -0.2) is 11.7 Å². The van der Waals surface area contributed by atoms with Gasteiger partial charge in [0.05, 0.1) is 12.1 Å². The highest BCUT2D eigenvalue weighted by Crippen LogP contribution is 2.25. The van der Waals surface area contributed by atoms with Crippen molar-refractivity contribution in [3.8, 4) is 0 Å². The van der Waals surface area contributed by atoms with Gasteiger partial charge in [0.25, 0.3) is 0 Å². The van der Waals surface area contributed by atoms with Gasteiger partial charge >= 0.3 is 0 Å². The maximum Gasteiger partial charge on any atom is 0.228 e. The maximum atomic E-state index is 13.1. The zero-order valence-electron chi connectivity index (χ0n) is 10.4. The lowest BCUT2D eigenvalue weighted by atomic mass is 10.00. The van der Waals surface area contributed by atoms with Crippen molar-refractivity contribution in [2.75, 3.05) is 11.1 Å². The fraction of sp³-hybridized carbons (Fsp3) is 0.0667. The van der Waals surface area contributed by atoms with Crippen molar-refractivity contribution >= 4 is 23.1 Å². The highest BCUT2D eigenvalue weighted by Gasteiger charge is 2.19. The van der Waals surface area contributed by atoms with Crippen molar-refractivity contribution in [1.82, 2.24) is 0 Å². The summed E-state index contributed by atoms with van der Waals surface area (Å²) in [5.74, 6) is -0.889. The summed E-state index contributed by atoms with van der Waals surface area (Å²) in [5.41, 5.74) is 7.69. The molecule has 0 aromatic heterocycles. The predicted octanol–water partition coefficient (Wildman–Crippen LogP) is 2.13. The summed E-state index contributed by atoms with van der Waals surface area (Å²) in [6.45, 7) is 0. The van der Waals surface area contributed by atoms with Crippen LogP contribution in [0.1, 0.15) is 21.5 Å². The van der Waals surface area contributed by atoms with Crippen LogP contribution in [0.2, 0.25) is 0 Å². The highest BCUT2D eigenvalue weighted by atomic mass is 19.1. The summed E-state index contributed by atoms with van der Waals surface area (Å²) in [6, 6.07) is 8.88. The average molecular weight is 270 g/mol. The first-order chi connectivity index (χ1) is 9.54. The van der Waals surface area contributed by atoms with Gasteiger partial charge in [0, 0.05) is 16.8 Å². The second kappa shape index (κ2) is 4.45. The Hall–Kier alpha value is -2.69. The summed E-state index contributed by atoms with van der Waals surface area (Å²) < 4.78 is 13.1. The Labute approximate surface area is 114 Å². The molecule has 0 spiro atoms. The molecule has 1 aliphatic heterocycles. The lowest BCUT2D eigenvalue weighted by Crippen LogP contribution is -2.03. The topological polar surface area (TPSA) is 72.2 Å².